The zero-order valence-electron chi connectivity index (χ0n) is 11.0. The molecule has 2 rings (SSSR count). The number of sulfonamides is 1. The Kier molecular flexibility index (Phi) is 4.27. The predicted molar refractivity (Wildman–Crippen MR) is 82.0 cm³/mol. The molecule has 0 fully saturated rings. The Labute approximate surface area is 118 Å². The van der Waals surface area contributed by atoms with E-state index in [1.165, 1.54) is 0 Å². The van der Waals surface area contributed by atoms with Crippen LogP contribution >= 0.6 is 11.3 Å². The first-order valence-corrected chi connectivity index (χ1v) is 8.64. The fourth-order valence-corrected chi connectivity index (χ4v) is 4.11. The molecule has 3 nitrogen and oxygen atoms in total. The largest absolute Gasteiger partial charge is 0.283 e. The van der Waals surface area contributed by atoms with Crippen molar-refractivity contribution < 1.29 is 8.42 Å². The van der Waals surface area contributed by atoms with Crippen LogP contribution in [-0.4, -0.2) is 14.2 Å². The van der Waals surface area contributed by atoms with E-state index in [1.54, 1.807) is 17.4 Å². The molecule has 19 heavy (non-hydrogen) atoms. The standard InChI is InChI=1S/C14H17NO2S2/c1-11(2)10-19(16,17)15-13-7-4-3-6-12(13)14-8-5-9-18-14/h3-9,11,15H,10H2,1-2H3. The van der Waals surface area contributed by atoms with Gasteiger partial charge in [0.2, 0.25) is 10.0 Å². The number of anilines is 1. The van der Waals surface area contributed by atoms with E-state index in [0.29, 0.717) is 5.69 Å². The molecule has 0 spiro atoms. The van der Waals surface area contributed by atoms with Crippen LogP contribution in [0, 0.1) is 5.92 Å². The first-order valence-electron chi connectivity index (χ1n) is 6.11. The van der Waals surface area contributed by atoms with Crippen LogP contribution in [0.25, 0.3) is 10.4 Å². The molecule has 0 aliphatic rings. The molecule has 102 valence electrons. The number of nitrogens with one attached hydrogen (secondary N) is 1. The van der Waals surface area contributed by atoms with E-state index < -0.39 is 10.0 Å². The average molecular weight is 295 g/mol. The van der Waals surface area contributed by atoms with Crippen LogP contribution in [0.4, 0.5) is 5.69 Å². The summed E-state index contributed by atoms with van der Waals surface area (Å²) in [6.07, 6.45) is 0. The number of rotatable bonds is 5. The molecule has 5 heteroatoms. The van der Waals surface area contributed by atoms with Gasteiger partial charge in [-0.25, -0.2) is 8.42 Å². The van der Waals surface area contributed by atoms with Gasteiger partial charge in [-0.2, -0.15) is 0 Å². The molecule has 0 saturated heterocycles. The second-order valence-electron chi connectivity index (χ2n) is 4.80. The van der Waals surface area contributed by atoms with E-state index in [-0.39, 0.29) is 11.7 Å². The number of hydrogen-bond donors (Lipinski definition) is 1. The monoisotopic (exact) mass is 295 g/mol. The van der Waals surface area contributed by atoms with Gasteiger partial charge in [-0.05, 0) is 23.4 Å². The lowest BCUT2D eigenvalue weighted by Gasteiger charge is -2.13. The number of para-hydroxylation sites is 1. The predicted octanol–water partition coefficient (Wildman–Crippen LogP) is 3.81. The Balaban J connectivity index is 2.32. The molecule has 0 radical (unpaired) electrons. The Hall–Kier alpha value is -1.33. The molecule has 0 aliphatic carbocycles. The van der Waals surface area contributed by atoms with Crippen molar-refractivity contribution in [1.82, 2.24) is 0 Å². The van der Waals surface area contributed by atoms with Gasteiger partial charge < -0.3 is 0 Å². The molecule has 2 aromatic rings. The lowest BCUT2D eigenvalue weighted by atomic mass is 10.1. The normalized spacial score (nSPS) is 11.7. The Bertz CT molecular complexity index is 631. The quantitative estimate of drug-likeness (QED) is 0.911. The van der Waals surface area contributed by atoms with Crippen LogP contribution in [0.5, 0.6) is 0 Å². The fraction of sp³-hybridized carbons (Fsp3) is 0.286. The van der Waals surface area contributed by atoms with Crippen molar-refractivity contribution in [2.24, 2.45) is 5.92 Å². The minimum atomic E-state index is -3.29. The number of benzene rings is 1. The van der Waals surface area contributed by atoms with Gasteiger partial charge >= 0.3 is 0 Å². The lowest BCUT2D eigenvalue weighted by Crippen LogP contribution is -2.20. The molecule has 0 unspecified atom stereocenters. The van der Waals surface area contributed by atoms with E-state index in [1.807, 2.05) is 49.6 Å². The highest BCUT2D eigenvalue weighted by atomic mass is 32.2. The molecular weight excluding hydrogens is 278 g/mol. The summed E-state index contributed by atoms with van der Waals surface area (Å²) in [7, 11) is -3.29. The third-order valence-corrected chi connectivity index (χ3v) is 5.07. The topological polar surface area (TPSA) is 46.2 Å². The highest BCUT2D eigenvalue weighted by Crippen LogP contribution is 2.31. The third kappa shape index (κ3) is 3.81. The highest BCUT2D eigenvalue weighted by molar-refractivity contribution is 7.92. The Morgan fingerprint density at radius 1 is 1.16 bits per heavy atom. The smallest absolute Gasteiger partial charge is 0.232 e. The molecule has 1 aromatic heterocycles. The molecule has 0 aliphatic heterocycles. The van der Waals surface area contributed by atoms with Crippen LogP contribution in [0.1, 0.15) is 13.8 Å². The maximum Gasteiger partial charge on any atom is 0.232 e. The summed E-state index contributed by atoms with van der Waals surface area (Å²) in [6.45, 7) is 3.79. The molecular formula is C14H17NO2S2. The minimum Gasteiger partial charge on any atom is -0.283 e. The van der Waals surface area contributed by atoms with Crippen LogP contribution in [0.3, 0.4) is 0 Å². The van der Waals surface area contributed by atoms with Crippen LogP contribution in [0.15, 0.2) is 41.8 Å². The number of thiophene rings is 1. The minimum absolute atomic E-state index is 0.103. The van der Waals surface area contributed by atoms with Crippen molar-refractivity contribution in [3.05, 3.63) is 41.8 Å². The van der Waals surface area contributed by atoms with Gasteiger partial charge in [0.05, 0.1) is 11.4 Å². The van der Waals surface area contributed by atoms with Gasteiger partial charge in [-0.3, -0.25) is 4.72 Å². The Morgan fingerprint density at radius 2 is 1.89 bits per heavy atom. The molecule has 1 aromatic carbocycles. The van der Waals surface area contributed by atoms with E-state index in [4.69, 9.17) is 0 Å². The molecule has 1 N–H and O–H groups in total. The SMILES string of the molecule is CC(C)CS(=O)(=O)Nc1ccccc1-c1cccs1. The first kappa shape index (κ1) is 14.1. The summed E-state index contributed by atoms with van der Waals surface area (Å²) in [6, 6.07) is 11.4. The van der Waals surface area contributed by atoms with Gasteiger partial charge in [-0.1, -0.05) is 38.1 Å². The van der Waals surface area contributed by atoms with Gasteiger partial charge in [0.1, 0.15) is 0 Å². The molecule has 0 atom stereocenters. The fourth-order valence-electron chi connectivity index (χ4n) is 1.87. The second-order valence-corrected chi connectivity index (χ2v) is 7.51. The first-order chi connectivity index (χ1) is 8.98. The van der Waals surface area contributed by atoms with E-state index in [2.05, 4.69) is 4.72 Å². The van der Waals surface area contributed by atoms with Crippen molar-refractivity contribution in [3.8, 4) is 10.4 Å². The summed E-state index contributed by atoms with van der Waals surface area (Å²) in [5, 5.41) is 1.98. The zero-order chi connectivity index (χ0) is 13.9. The maximum atomic E-state index is 12.0. The van der Waals surface area contributed by atoms with Gasteiger partial charge in [0.15, 0.2) is 0 Å². The van der Waals surface area contributed by atoms with Gasteiger partial charge in [0.25, 0.3) is 0 Å². The molecule has 0 saturated carbocycles. The number of hydrogen-bond acceptors (Lipinski definition) is 3. The molecule has 0 amide bonds. The lowest BCUT2D eigenvalue weighted by molar-refractivity contribution is 0.587. The third-order valence-electron chi connectivity index (χ3n) is 2.53. The van der Waals surface area contributed by atoms with Gasteiger partial charge in [0, 0.05) is 10.4 Å². The van der Waals surface area contributed by atoms with E-state index >= 15 is 0 Å². The van der Waals surface area contributed by atoms with E-state index in [0.717, 1.165) is 10.4 Å². The second kappa shape index (κ2) is 5.75. The highest BCUT2D eigenvalue weighted by Gasteiger charge is 2.15. The van der Waals surface area contributed by atoms with Crippen LogP contribution < -0.4 is 4.72 Å². The summed E-state index contributed by atoms with van der Waals surface area (Å²) in [5.74, 6) is 0.234. The van der Waals surface area contributed by atoms with Crippen LogP contribution in [-0.2, 0) is 10.0 Å². The zero-order valence-corrected chi connectivity index (χ0v) is 12.6. The summed E-state index contributed by atoms with van der Waals surface area (Å²) < 4.78 is 26.7. The molecule has 0 bridgehead atoms. The summed E-state index contributed by atoms with van der Waals surface area (Å²) >= 11 is 1.60. The van der Waals surface area contributed by atoms with Crippen molar-refractivity contribution >= 4 is 27.0 Å². The molecule has 1 heterocycles. The van der Waals surface area contributed by atoms with Crippen molar-refractivity contribution in [2.75, 3.05) is 10.5 Å². The van der Waals surface area contributed by atoms with Crippen molar-refractivity contribution in [1.29, 1.82) is 0 Å². The maximum absolute atomic E-state index is 12.0. The van der Waals surface area contributed by atoms with Crippen molar-refractivity contribution in [3.63, 3.8) is 0 Å². The summed E-state index contributed by atoms with van der Waals surface area (Å²) in [4.78, 5) is 1.06. The average Bonchev–Trinajstić information content (AvgIpc) is 2.80. The summed E-state index contributed by atoms with van der Waals surface area (Å²) in [5.41, 5.74) is 1.57. The van der Waals surface area contributed by atoms with Crippen LogP contribution in [0.2, 0.25) is 0 Å². The van der Waals surface area contributed by atoms with E-state index in [9.17, 15) is 8.42 Å². The van der Waals surface area contributed by atoms with Gasteiger partial charge in [-0.15, -0.1) is 11.3 Å². The van der Waals surface area contributed by atoms with Crippen molar-refractivity contribution in [2.45, 2.75) is 13.8 Å². The Morgan fingerprint density at radius 3 is 2.53 bits per heavy atom.